The maximum Gasteiger partial charge on any atom is 0.410 e. The molecule has 452 valence electrons. The number of primary amides is 1. The van der Waals surface area contributed by atoms with Crippen molar-refractivity contribution < 1.29 is 61.9 Å². The molecule has 2 aromatic heterocycles. The third kappa shape index (κ3) is 20.9. The van der Waals surface area contributed by atoms with Crippen LogP contribution in [0.1, 0.15) is 82.4 Å². The lowest BCUT2D eigenvalue weighted by Gasteiger charge is -2.53. The summed E-state index contributed by atoms with van der Waals surface area (Å²) in [6, 6.07) is 13.4. The first-order chi connectivity index (χ1) is 39.7. The number of methoxy groups -OCH3 is 2. The summed E-state index contributed by atoms with van der Waals surface area (Å²) in [4.78, 5) is 78.2. The highest BCUT2D eigenvalue weighted by atomic mass is 16.6. The predicted molar refractivity (Wildman–Crippen MR) is 309 cm³/mol. The Balaban J connectivity index is 0.921. The minimum absolute atomic E-state index is 0.00622. The highest BCUT2D eigenvalue weighted by Gasteiger charge is 2.48. The molecule has 24 nitrogen and oxygen atoms in total. The molecule has 82 heavy (non-hydrogen) atoms. The summed E-state index contributed by atoms with van der Waals surface area (Å²) in [7, 11) is 3.29. The number of carbonyl (C=O) groups is 5. The van der Waals surface area contributed by atoms with E-state index in [4.69, 9.17) is 49.4 Å². The van der Waals surface area contributed by atoms with Gasteiger partial charge in [0.1, 0.15) is 35.3 Å². The molecule has 0 unspecified atom stereocenters. The topological polar surface area (TPSA) is 297 Å². The third-order valence-corrected chi connectivity index (χ3v) is 14.2. The first kappa shape index (κ1) is 64.5. The number of rotatable bonds is 38. The number of urea groups is 1. The Kier molecular flexibility index (Phi) is 26.8. The van der Waals surface area contributed by atoms with Gasteiger partial charge in [-0.2, -0.15) is 4.98 Å². The average molecular weight is 1150 g/mol. The molecule has 1 spiro atoms. The first-order valence-corrected chi connectivity index (χ1v) is 28.5. The number of benzene rings is 2. The van der Waals surface area contributed by atoms with Gasteiger partial charge in [-0.1, -0.05) is 57.9 Å². The number of ketones is 1. The van der Waals surface area contributed by atoms with E-state index in [2.05, 4.69) is 65.8 Å². The van der Waals surface area contributed by atoms with Gasteiger partial charge in [-0.3, -0.25) is 19.3 Å². The molecule has 2 aliphatic rings. The number of hydrogen-bond acceptors (Lipinski definition) is 18. The van der Waals surface area contributed by atoms with Crippen LogP contribution in [-0.4, -0.2) is 185 Å². The summed E-state index contributed by atoms with van der Waals surface area (Å²) >= 11 is 0. The number of unbranched alkanes of at least 4 members (excludes halogenated alkanes) is 2. The molecule has 2 fully saturated rings. The lowest BCUT2D eigenvalue weighted by atomic mass is 9.88. The number of fused-ring (bicyclic) bond motifs is 1. The van der Waals surface area contributed by atoms with Gasteiger partial charge in [0.25, 0.3) is 0 Å². The van der Waals surface area contributed by atoms with Gasteiger partial charge in [-0.25, -0.2) is 14.6 Å². The number of ether oxygens (including phenoxy) is 8. The van der Waals surface area contributed by atoms with E-state index in [0.717, 1.165) is 59.5 Å². The highest BCUT2D eigenvalue weighted by molar-refractivity contribution is 5.98. The number of carbonyl (C=O) groups excluding carboxylic acids is 5. The van der Waals surface area contributed by atoms with Gasteiger partial charge >= 0.3 is 12.1 Å². The second-order valence-corrected chi connectivity index (χ2v) is 21.0. The van der Waals surface area contributed by atoms with Crippen LogP contribution in [0.15, 0.2) is 54.7 Å². The van der Waals surface area contributed by atoms with Crippen LogP contribution >= 0.6 is 0 Å². The van der Waals surface area contributed by atoms with E-state index in [1.807, 2.05) is 26.1 Å². The zero-order chi connectivity index (χ0) is 58.7. The Labute approximate surface area is 481 Å². The van der Waals surface area contributed by atoms with Crippen molar-refractivity contribution in [2.75, 3.05) is 136 Å². The standard InChI is InChI=1S/C58H87N11O13/c1-6-7-8-19-61-52-51-48(65-55(59)66-52)17-21-68(51)36-44-14-11-43(33-50(44)76-5)35-67-38-58(39-67)40-69(22-24-82-58)57(74)81-37-42-12-15-45(16-13-42)63-54(72)49(10-9-20-62-56(60)73)64-53(71)47(41(2)3)34-46(70)18-23-77-27-28-79-31-32-80-30-29-78-26-25-75-4/h11-17,21,33,41,47,49H,6-10,18-20,22-32,34-40H2,1-5H3,(H,63,72)(H,64,71)(H3,60,62,73)(H3,59,61,65,66)/t47-,49-/m0/s1. The molecule has 4 heterocycles. The van der Waals surface area contributed by atoms with Crippen LogP contribution in [0.25, 0.3) is 11.0 Å². The lowest BCUT2D eigenvalue weighted by Crippen LogP contribution is -2.70. The summed E-state index contributed by atoms with van der Waals surface area (Å²) in [5, 5.41) is 11.7. The Morgan fingerprint density at radius 3 is 2.16 bits per heavy atom. The molecule has 5 amide bonds. The first-order valence-electron chi connectivity index (χ1n) is 28.5. The minimum Gasteiger partial charge on any atom is -0.496 e. The van der Waals surface area contributed by atoms with Crippen molar-refractivity contribution in [2.45, 2.75) is 97.1 Å². The number of aromatic nitrogens is 3. The molecule has 2 aromatic carbocycles. The molecule has 8 N–H and O–H groups in total. The van der Waals surface area contributed by atoms with Crippen molar-refractivity contribution in [3.63, 3.8) is 0 Å². The maximum atomic E-state index is 13.7. The Hall–Kier alpha value is -6.67. The molecule has 24 heteroatoms. The molecular formula is C58H87N11O13. The van der Waals surface area contributed by atoms with Crippen molar-refractivity contribution in [3.8, 4) is 5.75 Å². The molecular weight excluding hydrogens is 1060 g/mol. The number of morpholine rings is 1. The van der Waals surface area contributed by atoms with Crippen molar-refractivity contribution in [3.05, 3.63) is 71.4 Å². The molecule has 0 radical (unpaired) electrons. The Morgan fingerprint density at radius 1 is 0.793 bits per heavy atom. The lowest BCUT2D eigenvalue weighted by molar-refractivity contribution is -0.181. The summed E-state index contributed by atoms with van der Waals surface area (Å²) in [6.45, 7) is 14.2. The van der Waals surface area contributed by atoms with Crippen LogP contribution in [0.2, 0.25) is 0 Å². The van der Waals surface area contributed by atoms with E-state index >= 15 is 0 Å². The fourth-order valence-corrected chi connectivity index (χ4v) is 9.78. The number of nitrogens with zero attached hydrogens (tertiary/aromatic N) is 5. The van der Waals surface area contributed by atoms with Gasteiger partial charge in [0.15, 0.2) is 5.82 Å². The van der Waals surface area contributed by atoms with Gasteiger partial charge in [0.05, 0.1) is 91.8 Å². The van der Waals surface area contributed by atoms with Gasteiger partial charge in [-0.15, -0.1) is 0 Å². The fourth-order valence-electron chi connectivity index (χ4n) is 9.78. The number of Topliss-reactive ketones (excluding diaryl/α,β-unsaturated/α-hetero) is 1. The normalized spacial score (nSPS) is 14.8. The summed E-state index contributed by atoms with van der Waals surface area (Å²) in [5.74, 6) is -0.250. The van der Waals surface area contributed by atoms with Gasteiger partial charge in [-0.05, 0) is 60.6 Å². The van der Waals surface area contributed by atoms with E-state index in [1.54, 1.807) is 43.4 Å². The van der Waals surface area contributed by atoms with E-state index in [-0.39, 0.29) is 56.7 Å². The van der Waals surface area contributed by atoms with Crippen LogP contribution in [0.4, 0.5) is 27.0 Å². The average Bonchev–Trinajstić information content (AvgIpc) is 3.92. The quantitative estimate of drug-likeness (QED) is 0.0318. The zero-order valence-corrected chi connectivity index (χ0v) is 48.5. The fraction of sp³-hybridized carbons (Fsp3) is 0.603. The maximum absolute atomic E-state index is 13.7. The molecule has 2 saturated heterocycles. The Morgan fingerprint density at radius 2 is 1.49 bits per heavy atom. The van der Waals surface area contributed by atoms with E-state index in [9.17, 15) is 24.0 Å². The predicted octanol–water partition coefficient (Wildman–Crippen LogP) is 5.10. The van der Waals surface area contributed by atoms with Gasteiger partial charge < -0.3 is 80.1 Å². The van der Waals surface area contributed by atoms with Crippen molar-refractivity contribution in [1.82, 2.24) is 35.0 Å². The number of likely N-dealkylation sites (tertiary alicyclic amines) is 1. The second-order valence-electron chi connectivity index (χ2n) is 21.0. The number of nitrogens with one attached hydrogen (secondary N) is 4. The van der Waals surface area contributed by atoms with Crippen LogP contribution in [-0.2, 0) is 67.2 Å². The van der Waals surface area contributed by atoms with Crippen molar-refractivity contribution in [1.29, 1.82) is 0 Å². The van der Waals surface area contributed by atoms with Crippen molar-refractivity contribution >= 4 is 58.2 Å². The molecule has 2 aliphatic heterocycles. The Bertz CT molecular complexity index is 2630. The van der Waals surface area contributed by atoms with Crippen LogP contribution in [0, 0.1) is 11.8 Å². The SMILES string of the molecule is CCCCCNc1nc(N)nc2ccn(Cc3ccc(CN4CC5(C4)CN(C(=O)OCc4ccc(NC(=O)[C@H](CCCNC(N)=O)NC(=O)[C@@H](CC(=O)CCOCCOCCOCCOCCOC)C(C)C)cc4)CCO5)cc3OC)c12. The van der Waals surface area contributed by atoms with Gasteiger partial charge in [0.2, 0.25) is 17.8 Å². The molecule has 2 atom stereocenters. The number of nitrogen functional groups attached to an aromatic ring is 1. The second kappa shape index (κ2) is 34.1. The van der Waals surface area contributed by atoms with Crippen LogP contribution in [0.5, 0.6) is 5.75 Å². The van der Waals surface area contributed by atoms with Gasteiger partial charge in [0, 0.05) is 82.6 Å². The highest BCUT2D eigenvalue weighted by Crippen LogP contribution is 2.33. The van der Waals surface area contributed by atoms with Crippen LogP contribution in [0.3, 0.4) is 0 Å². The number of anilines is 3. The van der Waals surface area contributed by atoms with E-state index in [1.165, 1.54) is 0 Å². The zero-order valence-electron chi connectivity index (χ0n) is 48.5. The third-order valence-electron chi connectivity index (χ3n) is 14.2. The molecule has 4 aromatic rings. The minimum atomic E-state index is -0.992. The summed E-state index contributed by atoms with van der Waals surface area (Å²) in [5.41, 5.74) is 15.7. The molecule has 0 bridgehead atoms. The van der Waals surface area contributed by atoms with E-state index < -0.39 is 41.5 Å². The summed E-state index contributed by atoms with van der Waals surface area (Å²) < 4.78 is 46.9. The summed E-state index contributed by atoms with van der Waals surface area (Å²) in [6.07, 6.45) is 5.44. The monoisotopic (exact) mass is 1150 g/mol. The van der Waals surface area contributed by atoms with Crippen molar-refractivity contribution in [2.24, 2.45) is 17.6 Å². The van der Waals surface area contributed by atoms with E-state index in [0.29, 0.717) is 116 Å². The number of nitrogens with two attached hydrogens (primary N) is 2. The number of amides is 5. The largest absolute Gasteiger partial charge is 0.496 e. The number of hydrogen-bond donors (Lipinski definition) is 6. The molecule has 0 aliphatic carbocycles. The molecule has 6 rings (SSSR count). The van der Waals surface area contributed by atoms with Crippen LogP contribution < -0.4 is 37.5 Å². The smallest absolute Gasteiger partial charge is 0.410 e. The molecule has 0 saturated carbocycles.